The Morgan fingerprint density at radius 2 is 1.88 bits per heavy atom. The van der Waals surface area contributed by atoms with Crippen LogP contribution in [-0.2, 0) is 0 Å². The van der Waals surface area contributed by atoms with E-state index < -0.39 is 0 Å². The molecule has 0 amide bonds. The summed E-state index contributed by atoms with van der Waals surface area (Å²) >= 11 is 1.47. The van der Waals surface area contributed by atoms with Crippen molar-refractivity contribution in [3.05, 3.63) is 64.5 Å². The minimum absolute atomic E-state index is 0.531. The molecule has 2 aromatic carbocycles. The molecule has 2 heterocycles. The van der Waals surface area contributed by atoms with Gasteiger partial charge in [0.2, 0.25) is 0 Å². The minimum Gasteiger partial charge on any atom is -0.486 e. The number of ether oxygens (including phenoxy) is 2. The van der Waals surface area contributed by atoms with E-state index in [0.717, 1.165) is 22.6 Å². The first kappa shape index (κ1) is 15.4. The summed E-state index contributed by atoms with van der Waals surface area (Å²) in [5, 5.41) is 12.2. The van der Waals surface area contributed by atoms with Crippen LogP contribution in [0.25, 0.3) is 22.9 Å². The number of hydrogen-bond acceptors (Lipinski definition) is 5. The molecule has 3 aromatic rings. The fraction of sp³-hybridized carbons (Fsp3) is 0.100. The van der Waals surface area contributed by atoms with E-state index >= 15 is 0 Å². The van der Waals surface area contributed by atoms with Crippen LogP contribution in [0.4, 0.5) is 0 Å². The second-order valence-corrected chi connectivity index (χ2v) is 6.33. The quantitative estimate of drug-likeness (QED) is 0.648. The summed E-state index contributed by atoms with van der Waals surface area (Å²) in [6.07, 6.45) is 1.83. The van der Waals surface area contributed by atoms with Crippen LogP contribution in [0.2, 0.25) is 0 Å². The van der Waals surface area contributed by atoms with Crippen molar-refractivity contribution in [2.45, 2.75) is 0 Å². The molecular weight excluding hydrogens is 332 g/mol. The van der Waals surface area contributed by atoms with Gasteiger partial charge in [-0.3, -0.25) is 0 Å². The largest absolute Gasteiger partial charge is 0.486 e. The Labute approximate surface area is 149 Å². The molecule has 4 rings (SSSR count). The molecule has 122 valence electrons. The average molecular weight is 346 g/mol. The molecule has 4 nitrogen and oxygen atoms in total. The lowest BCUT2D eigenvalue weighted by Crippen LogP contribution is -2.15. The predicted molar refractivity (Wildman–Crippen MR) is 98.5 cm³/mol. The Balaban J connectivity index is 1.66. The van der Waals surface area contributed by atoms with Gasteiger partial charge in [-0.2, -0.15) is 5.26 Å². The summed E-state index contributed by atoms with van der Waals surface area (Å²) in [6, 6.07) is 17.9. The maximum absolute atomic E-state index is 9.55. The molecule has 5 heteroatoms. The number of nitrogens with zero attached hydrogens (tertiary/aromatic N) is 2. The minimum atomic E-state index is 0.531. The Bertz CT molecular complexity index is 971. The Morgan fingerprint density at radius 3 is 2.68 bits per heavy atom. The third-order valence-corrected chi connectivity index (χ3v) is 4.68. The van der Waals surface area contributed by atoms with E-state index in [1.165, 1.54) is 11.3 Å². The van der Waals surface area contributed by atoms with Crippen LogP contribution >= 0.6 is 11.3 Å². The number of thiazole rings is 1. The third-order valence-electron chi connectivity index (χ3n) is 3.80. The molecule has 0 bridgehead atoms. The van der Waals surface area contributed by atoms with Gasteiger partial charge < -0.3 is 9.47 Å². The van der Waals surface area contributed by atoms with E-state index in [4.69, 9.17) is 9.47 Å². The second kappa shape index (κ2) is 6.80. The molecule has 1 aromatic heterocycles. The van der Waals surface area contributed by atoms with Gasteiger partial charge in [0.25, 0.3) is 0 Å². The first-order valence-corrected chi connectivity index (χ1v) is 8.74. The summed E-state index contributed by atoms with van der Waals surface area (Å²) in [4.78, 5) is 4.61. The van der Waals surface area contributed by atoms with E-state index in [2.05, 4.69) is 11.1 Å². The summed E-state index contributed by atoms with van der Waals surface area (Å²) in [5.74, 6) is 1.45. The van der Waals surface area contributed by atoms with Crippen molar-refractivity contribution in [3.63, 3.8) is 0 Å². The summed E-state index contributed by atoms with van der Waals surface area (Å²) < 4.78 is 11.1. The highest BCUT2D eigenvalue weighted by Crippen LogP contribution is 2.33. The number of benzene rings is 2. The molecule has 0 N–H and O–H groups in total. The lowest BCUT2D eigenvalue weighted by atomic mass is 10.1. The molecule has 0 atom stereocenters. The first-order valence-electron chi connectivity index (χ1n) is 7.86. The highest BCUT2D eigenvalue weighted by Gasteiger charge is 2.13. The zero-order valence-corrected chi connectivity index (χ0v) is 14.1. The number of rotatable bonds is 3. The standard InChI is InChI=1S/C20H14N2O2S/c21-12-16(10-14-6-7-18-19(11-14)24-9-8-23-18)20-22-17(13-25-20)15-4-2-1-3-5-15/h1-7,10-11,13H,8-9H2/b16-10+. The van der Waals surface area contributed by atoms with Gasteiger partial charge in [0, 0.05) is 10.9 Å². The summed E-state index contributed by atoms with van der Waals surface area (Å²) in [5.41, 5.74) is 3.34. The molecule has 0 saturated heterocycles. The van der Waals surface area contributed by atoms with Crippen molar-refractivity contribution in [3.8, 4) is 28.8 Å². The maximum atomic E-state index is 9.55. The maximum Gasteiger partial charge on any atom is 0.161 e. The van der Waals surface area contributed by atoms with Crippen LogP contribution in [0.1, 0.15) is 10.6 Å². The van der Waals surface area contributed by atoms with Crippen LogP contribution in [0.3, 0.4) is 0 Å². The van der Waals surface area contributed by atoms with Crippen LogP contribution in [-0.4, -0.2) is 18.2 Å². The van der Waals surface area contributed by atoms with Crippen molar-refractivity contribution in [2.75, 3.05) is 13.2 Å². The van der Waals surface area contributed by atoms with Gasteiger partial charge in [-0.25, -0.2) is 4.98 Å². The fourth-order valence-electron chi connectivity index (χ4n) is 2.60. The second-order valence-electron chi connectivity index (χ2n) is 5.48. The average Bonchev–Trinajstić information content (AvgIpc) is 3.17. The van der Waals surface area contributed by atoms with Crippen molar-refractivity contribution < 1.29 is 9.47 Å². The molecule has 0 spiro atoms. The molecule has 0 radical (unpaired) electrons. The fourth-order valence-corrected chi connectivity index (χ4v) is 3.39. The smallest absolute Gasteiger partial charge is 0.161 e. The molecule has 0 saturated carbocycles. The van der Waals surface area contributed by atoms with Gasteiger partial charge in [0.05, 0.1) is 11.3 Å². The lowest BCUT2D eigenvalue weighted by molar-refractivity contribution is 0.171. The Kier molecular flexibility index (Phi) is 4.19. The van der Waals surface area contributed by atoms with Gasteiger partial charge in [-0.05, 0) is 23.8 Å². The van der Waals surface area contributed by atoms with Crippen molar-refractivity contribution in [1.29, 1.82) is 5.26 Å². The Hall–Kier alpha value is -3.10. The van der Waals surface area contributed by atoms with Crippen LogP contribution in [0.5, 0.6) is 11.5 Å². The normalized spacial score (nSPS) is 13.3. The van der Waals surface area contributed by atoms with E-state index in [0.29, 0.717) is 29.5 Å². The van der Waals surface area contributed by atoms with Gasteiger partial charge in [0.15, 0.2) is 11.5 Å². The molecular formula is C20H14N2O2S. The molecule has 1 aliphatic rings. The summed E-state index contributed by atoms with van der Waals surface area (Å²) in [6.45, 7) is 1.10. The monoisotopic (exact) mass is 346 g/mol. The van der Waals surface area contributed by atoms with Crippen molar-refractivity contribution in [1.82, 2.24) is 4.98 Å². The number of allylic oxidation sites excluding steroid dienone is 1. The highest BCUT2D eigenvalue weighted by atomic mass is 32.1. The third kappa shape index (κ3) is 3.25. The zero-order valence-electron chi connectivity index (χ0n) is 13.3. The number of aromatic nitrogens is 1. The van der Waals surface area contributed by atoms with Gasteiger partial charge in [-0.15, -0.1) is 11.3 Å². The number of fused-ring (bicyclic) bond motifs is 1. The van der Waals surface area contributed by atoms with Crippen LogP contribution < -0.4 is 9.47 Å². The van der Waals surface area contributed by atoms with E-state index in [1.807, 2.05) is 60.0 Å². The van der Waals surface area contributed by atoms with E-state index in [1.54, 1.807) is 0 Å². The SMILES string of the molecule is N#C/C(=C\c1ccc2c(c1)OCCO2)c1nc(-c2ccccc2)cs1. The van der Waals surface area contributed by atoms with E-state index in [-0.39, 0.29) is 0 Å². The number of nitriles is 1. The predicted octanol–water partition coefficient (Wildman–Crippen LogP) is 4.65. The lowest BCUT2D eigenvalue weighted by Gasteiger charge is -2.18. The number of hydrogen-bond donors (Lipinski definition) is 0. The zero-order chi connectivity index (χ0) is 17.1. The van der Waals surface area contributed by atoms with E-state index in [9.17, 15) is 5.26 Å². The molecule has 0 unspecified atom stereocenters. The van der Waals surface area contributed by atoms with Crippen LogP contribution in [0.15, 0.2) is 53.9 Å². The Morgan fingerprint density at radius 1 is 1.08 bits per heavy atom. The van der Waals surface area contributed by atoms with Gasteiger partial charge in [0.1, 0.15) is 24.3 Å². The van der Waals surface area contributed by atoms with Crippen molar-refractivity contribution in [2.24, 2.45) is 0 Å². The van der Waals surface area contributed by atoms with Crippen molar-refractivity contribution >= 4 is 23.0 Å². The highest BCUT2D eigenvalue weighted by molar-refractivity contribution is 7.11. The van der Waals surface area contributed by atoms with Gasteiger partial charge >= 0.3 is 0 Å². The molecule has 25 heavy (non-hydrogen) atoms. The topological polar surface area (TPSA) is 55.1 Å². The van der Waals surface area contributed by atoms with Gasteiger partial charge in [-0.1, -0.05) is 36.4 Å². The van der Waals surface area contributed by atoms with Crippen LogP contribution in [0, 0.1) is 11.3 Å². The summed E-state index contributed by atoms with van der Waals surface area (Å²) in [7, 11) is 0. The molecule has 0 aliphatic carbocycles. The molecule has 1 aliphatic heterocycles. The first-order chi connectivity index (χ1) is 12.3. The molecule has 0 fully saturated rings.